The maximum absolute atomic E-state index is 12.0. The molecule has 0 aromatic heterocycles. The van der Waals surface area contributed by atoms with Gasteiger partial charge in [0.15, 0.2) is 0 Å². The summed E-state index contributed by atoms with van der Waals surface area (Å²) in [6.07, 6.45) is 0. The quantitative estimate of drug-likeness (QED) is 0.455. The Morgan fingerprint density at radius 2 is 1.90 bits per heavy atom. The Kier molecular flexibility index (Phi) is 4.93. The number of hydrogen-bond donors (Lipinski definition) is 0. The normalized spacial score (nSPS) is 10.2. The lowest BCUT2D eigenvalue weighted by Crippen LogP contribution is -2.08. The van der Waals surface area contributed by atoms with Gasteiger partial charge in [-0.25, -0.2) is 4.79 Å². The summed E-state index contributed by atoms with van der Waals surface area (Å²) in [4.78, 5) is 22.2. The van der Waals surface area contributed by atoms with E-state index in [1.54, 1.807) is 12.1 Å². The number of carbonyl (C=O) groups excluding carboxylic acids is 1. The van der Waals surface area contributed by atoms with Crippen LogP contribution in [0.2, 0.25) is 5.02 Å². The highest BCUT2D eigenvalue weighted by Gasteiger charge is 2.21. The number of hydrogen-bond acceptors (Lipinski definition) is 4. The number of nitro benzene ring substituents is 1. The van der Waals surface area contributed by atoms with Crippen LogP contribution in [-0.4, -0.2) is 10.9 Å². The number of esters is 1. The van der Waals surface area contributed by atoms with Crippen LogP contribution in [0.4, 0.5) is 5.69 Å². The van der Waals surface area contributed by atoms with E-state index < -0.39 is 10.9 Å². The average molecular weight is 371 g/mol. The molecule has 0 aliphatic rings. The molecule has 5 nitrogen and oxygen atoms in total. The number of carbonyl (C=O) groups is 1. The average Bonchev–Trinajstić information content (AvgIpc) is 2.46. The highest BCUT2D eigenvalue weighted by Crippen LogP contribution is 2.24. The minimum atomic E-state index is -0.785. The molecular weight excluding hydrogens is 362 g/mol. The molecule has 0 unspecified atom stereocenters. The lowest BCUT2D eigenvalue weighted by molar-refractivity contribution is -0.385. The standard InChI is InChI=1S/C14H9BrClNO4/c15-10-3-1-9(2-4-10)8-21-14(18)12-7-11(16)5-6-13(12)17(19)20/h1-7H,8H2. The molecular formula is C14H9BrClNO4. The maximum atomic E-state index is 12.0. The first-order valence-electron chi connectivity index (χ1n) is 5.83. The molecule has 0 heterocycles. The monoisotopic (exact) mass is 369 g/mol. The van der Waals surface area contributed by atoms with E-state index in [0.29, 0.717) is 0 Å². The highest BCUT2D eigenvalue weighted by atomic mass is 79.9. The molecule has 0 spiro atoms. The van der Waals surface area contributed by atoms with Crippen molar-refractivity contribution in [2.24, 2.45) is 0 Å². The van der Waals surface area contributed by atoms with E-state index in [4.69, 9.17) is 16.3 Å². The highest BCUT2D eigenvalue weighted by molar-refractivity contribution is 9.10. The van der Waals surface area contributed by atoms with Gasteiger partial charge in [0.05, 0.1) is 4.92 Å². The van der Waals surface area contributed by atoms with Crippen LogP contribution < -0.4 is 0 Å². The van der Waals surface area contributed by atoms with Crippen molar-refractivity contribution in [1.29, 1.82) is 0 Å². The maximum Gasteiger partial charge on any atom is 0.345 e. The van der Waals surface area contributed by atoms with Gasteiger partial charge in [0.1, 0.15) is 12.2 Å². The van der Waals surface area contributed by atoms with Gasteiger partial charge in [-0.05, 0) is 29.8 Å². The molecule has 0 aliphatic heterocycles. The molecule has 0 aliphatic carbocycles. The van der Waals surface area contributed by atoms with E-state index in [-0.39, 0.29) is 22.9 Å². The molecule has 21 heavy (non-hydrogen) atoms. The first kappa shape index (κ1) is 15.5. The molecule has 0 saturated carbocycles. The van der Waals surface area contributed by atoms with Crippen LogP contribution in [0.15, 0.2) is 46.9 Å². The molecule has 7 heteroatoms. The van der Waals surface area contributed by atoms with E-state index in [0.717, 1.165) is 10.0 Å². The number of benzene rings is 2. The van der Waals surface area contributed by atoms with Gasteiger partial charge in [-0.1, -0.05) is 39.7 Å². The van der Waals surface area contributed by atoms with Gasteiger partial charge in [0.25, 0.3) is 5.69 Å². The third kappa shape index (κ3) is 4.03. The van der Waals surface area contributed by atoms with Gasteiger partial charge in [0, 0.05) is 15.6 Å². The van der Waals surface area contributed by atoms with Crippen LogP contribution in [0.5, 0.6) is 0 Å². The van der Waals surface area contributed by atoms with Crippen molar-refractivity contribution >= 4 is 39.2 Å². The molecule has 0 N–H and O–H groups in total. The minimum absolute atomic E-state index is 0.0236. The van der Waals surface area contributed by atoms with E-state index in [9.17, 15) is 14.9 Å². The molecule has 0 bridgehead atoms. The summed E-state index contributed by atoms with van der Waals surface area (Å²) in [6.45, 7) is 0.0236. The molecule has 2 rings (SSSR count). The molecule has 0 fully saturated rings. The van der Waals surface area contributed by atoms with E-state index in [1.165, 1.54) is 18.2 Å². The number of halogens is 2. The largest absolute Gasteiger partial charge is 0.457 e. The summed E-state index contributed by atoms with van der Waals surface area (Å²) >= 11 is 9.06. The minimum Gasteiger partial charge on any atom is -0.457 e. The summed E-state index contributed by atoms with van der Waals surface area (Å²) in [5.74, 6) is -0.785. The molecule has 2 aromatic carbocycles. The number of nitrogens with zero attached hydrogens (tertiary/aromatic N) is 1. The Hall–Kier alpha value is -1.92. The molecule has 0 saturated heterocycles. The third-order valence-electron chi connectivity index (χ3n) is 2.66. The van der Waals surface area contributed by atoms with E-state index >= 15 is 0 Å². The van der Waals surface area contributed by atoms with Crippen LogP contribution >= 0.6 is 27.5 Å². The number of rotatable bonds is 4. The van der Waals surface area contributed by atoms with Crippen molar-refractivity contribution in [2.75, 3.05) is 0 Å². The zero-order chi connectivity index (χ0) is 15.4. The van der Waals surface area contributed by atoms with Crippen LogP contribution in [-0.2, 0) is 11.3 Å². The zero-order valence-corrected chi connectivity index (χ0v) is 12.9. The Morgan fingerprint density at radius 1 is 1.24 bits per heavy atom. The first-order chi connectivity index (χ1) is 9.97. The van der Waals surface area contributed by atoms with Crippen LogP contribution in [0.25, 0.3) is 0 Å². The Labute approximate surface area is 133 Å². The van der Waals surface area contributed by atoms with Crippen molar-refractivity contribution < 1.29 is 14.5 Å². The molecule has 0 radical (unpaired) electrons. The zero-order valence-electron chi connectivity index (χ0n) is 10.6. The van der Waals surface area contributed by atoms with Crippen molar-refractivity contribution in [1.82, 2.24) is 0 Å². The van der Waals surface area contributed by atoms with Gasteiger partial charge >= 0.3 is 5.97 Å². The first-order valence-corrected chi connectivity index (χ1v) is 7.00. The summed E-state index contributed by atoms with van der Waals surface area (Å²) in [5.41, 5.74) is 0.279. The second-order valence-electron chi connectivity index (χ2n) is 4.12. The SMILES string of the molecule is O=C(OCc1ccc(Br)cc1)c1cc(Cl)ccc1[N+](=O)[O-]. The molecule has 0 amide bonds. The third-order valence-corrected chi connectivity index (χ3v) is 3.42. The summed E-state index contributed by atoms with van der Waals surface area (Å²) in [6, 6.07) is 10.9. The van der Waals surface area contributed by atoms with Crippen LogP contribution in [0, 0.1) is 10.1 Å². The van der Waals surface area contributed by atoms with Gasteiger partial charge < -0.3 is 4.74 Å². The Bertz CT molecular complexity index is 688. The Morgan fingerprint density at radius 3 is 2.52 bits per heavy atom. The number of ether oxygens (including phenoxy) is 1. The van der Waals surface area contributed by atoms with Crippen molar-refractivity contribution in [2.45, 2.75) is 6.61 Å². The molecule has 0 atom stereocenters. The van der Waals surface area contributed by atoms with Gasteiger partial charge in [-0.2, -0.15) is 0 Å². The number of nitro groups is 1. The fraction of sp³-hybridized carbons (Fsp3) is 0.0714. The molecule has 2 aromatic rings. The second kappa shape index (κ2) is 6.69. The van der Waals surface area contributed by atoms with Gasteiger partial charge in [0.2, 0.25) is 0 Å². The predicted octanol–water partition coefficient (Wildman–Crippen LogP) is 4.37. The van der Waals surface area contributed by atoms with E-state index in [2.05, 4.69) is 15.9 Å². The van der Waals surface area contributed by atoms with Crippen molar-refractivity contribution in [3.8, 4) is 0 Å². The Balaban J connectivity index is 2.15. The topological polar surface area (TPSA) is 69.4 Å². The molecule has 108 valence electrons. The van der Waals surface area contributed by atoms with Crippen molar-refractivity contribution in [3.63, 3.8) is 0 Å². The van der Waals surface area contributed by atoms with Gasteiger partial charge in [-0.3, -0.25) is 10.1 Å². The lowest BCUT2D eigenvalue weighted by atomic mass is 10.2. The summed E-state index contributed by atoms with van der Waals surface area (Å²) in [5, 5.41) is 11.1. The van der Waals surface area contributed by atoms with Crippen LogP contribution in [0.3, 0.4) is 0 Å². The fourth-order valence-electron chi connectivity index (χ4n) is 1.64. The fourth-order valence-corrected chi connectivity index (χ4v) is 2.07. The lowest BCUT2D eigenvalue weighted by Gasteiger charge is -2.06. The summed E-state index contributed by atoms with van der Waals surface area (Å²) in [7, 11) is 0. The smallest absolute Gasteiger partial charge is 0.345 e. The van der Waals surface area contributed by atoms with Gasteiger partial charge in [-0.15, -0.1) is 0 Å². The second-order valence-corrected chi connectivity index (χ2v) is 5.47. The predicted molar refractivity (Wildman–Crippen MR) is 81.4 cm³/mol. The summed E-state index contributed by atoms with van der Waals surface area (Å²) < 4.78 is 5.99. The van der Waals surface area contributed by atoms with E-state index in [1.807, 2.05) is 12.1 Å². The van der Waals surface area contributed by atoms with Crippen molar-refractivity contribution in [3.05, 3.63) is 73.2 Å². The van der Waals surface area contributed by atoms with Crippen LogP contribution in [0.1, 0.15) is 15.9 Å².